The lowest BCUT2D eigenvalue weighted by Gasteiger charge is -2.27. The Balaban J connectivity index is 1.74. The Morgan fingerprint density at radius 3 is 1.96 bits per heavy atom. The molecule has 0 N–H and O–H groups in total. The third kappa shape index (κ3) is 4.27. The molecule has 1 aliphatic rings. The summed E-state index contributed by atoms with van der Waals surface area (Å²) in [6.45, 7) is 4.21. The second-order valence-electron chi connectivity index (χ2n) is 5.92. The molecular formula is C20H23NO2. The Hall–Kier alpha value is -1.97. The summed E-state index contributed by atoms with van der Waals surface area (Å²) in [5.74, 6) is 0.118. The van der Waals surface area contributed by atoms with Gasteiger partial charge in [0.05, 0.1) is 19.1 Å². The minimum absolute atomic E-state index is 0.168. The minimum Gasteiger partial charge on any atom is -0.379 e. The number of ether oxygens (including phenoxy) is 1. The Morgan fingerprint density at radius 1 is 0.913 bits per heavy atom. The molecule has 1 fully saturated rings. The normalized spacial score (nSPS) is 15.7. The van der Waals surface area contributed by atoms with Crippen LogP contribution in [0.15, 0.2) is 60.7 Å². The molecule has 3 rings (SSSR count). The summed E-state index contributed by atoms with van der Waals surface area (Å²) in [6.07, 6.45) is 0.578. The van der Waals surface area contributed by atoms with Crippen molar-refractivity contribution in [3.8, 4) is 0 Å². The van der Waals surface area contributed by atoms with Crippen LogP contribution in [-0.2, 0) is 9.53 Å². The molecule has 0 saturated carbocycles. The van der Waals surface area contributed by atoms with Crippen molar-refractivity contribution in [3.05, 3.63) is 71.8 Å². The molecule has 120 valence electrons. The summed E-state index contributed by atoms with van der Waals surface area (Å²) in [4.78, 5) is 15.2. The van der Waals surface area contributed by atoms with Crippen molar-refractivity contribution in [2.45, 2.75) is 12.3 Å². The Morgan fingerprint density at radius 2 is 1.43 bits per heavy atom. The van der Waals surface area contributed by atoms with Crippen LogP contribution in [0.5, 0.6) is 0 Å². The van der Waals surface area contributed by atoms with Crippen LogP contribution in [0, 0.1) is 0 Å². The van der Waals surface area contributed by atoms with E-state index < -0.39 is 0 Å². The lowest BCUT2D eigenvalue weighted by molar-refractivity contribution is -0.120. The van der Waals surface area contributed by atoms with E-state index in [0.29, 0.717) is 6.42 Å². The van der Waals surface area contributed by atoms with Crippen LogP contribution in [0.4, 0.5) is 0 Å². The van der Waals surface area contributed by atoms with E-state index >= 15 is 0 Å². The van der Waals surface area contributed by atoms with Crippen LogP contribution in [-0.4, -0.2) is 43.5 Å². The van der Waals surface area contributed by atoms with E-state index in [1.54, 1.807) is 0 Å². The second-order valence-corrected chi connectivity index (χ2v) is 5.92. The molecule has 0 aliphatic carbocycles. The van der Waals surface area contributed by atoms with Gasteiger partial charge in [0, 0.05) is 26.1 Å². The maximum absolute atomic E-state index is 12.9. The van der Waals surface area contributed by atoms with E-state index in [-0.39, 0.29) is 11.7 Å². The molecule has 3 heteroatoms. The van der Waals surface area contributed by atoms with Crippen molar-refractivity contribution >= 4 is 5.78 Å². The number of morpholine rings is 1. The van der Waals surface area contributed by atoms with E-state index in [4.69, 9.17) is 4.74 Å². The maximum atomic E-state index is 12.9. The second kappa shape index (κ2) is 8.04. The standard InChI is InChI=1S/C20H23NO2/c22-19(11-12-21-13-15-23-16-14-21)20(17-7-3-1-4-8-17)18-9-5-2-6-10-18/h1-10,20H,11-16H2. The van der Waals surface area contributed by atoms with Crippen LogP contribution in [0.3, 0.4) is 0 Å². The molecule has 0 aromatic heterocycles. The maximum Gasteiger partial charge on any atom is 0.146 e. The fraction of sp³-hybridized carbons (Fsp3) is 0.350. The molecule has 0 spiro atoms. The SMILES string of the molecule is O=C(CCN1CCOCC1)C(c1ccccc1)c1ccccc1. The summed E-state index contributed by atoms with van der Waals surface area (Å²) in [5.41, 5.74) is 2.15. The first-order valence-corrected chi connectivity index (χ1v) is 8.27. The molecule has 1 saturated heterocycles. The van der Waals surface area contributed by atoms with E-state index in [1.165, 1.54) is 0 Å². The number of ketones is 1. The highest BCUT2D eigenvalue weighted by Crippen LogP contribution is 2.26. The largest absolute Gasteiger partial charge is 0.379 e. The van der Waals surface area contributed by atoms with Gasteiger partial charge in [-0.15, -0.1) is 0 Å². The molecule has 0 amide bonds. The van der Waals surface area contributed by atoms with Crippen LogP contribution in [0.1, 0.15) is 23.5 Å². The summed E-state index contributed by atoms with van der Waals surface area (Å²) in [6, 6.07) is 20.2. The number of Topliss-reactive ketones (excluding diaryl/α,β-unsaturated/α-hetero) is 1. The van der Waals surface area contributed by atoms with Gasteiger partial charge in [-0.3, -0.25) is 9.69 Å². The van der Waals surface area contributed by atoms with Gasteiger partial charge in [-0.05, 0) is 11.1 Å². The topological polar surface area (TPSA) is 29.5 Å². The summed E-state index contributed by atoms with van der Waals surface area (Å²) >= 11 is 0. The Kier molecular flexibility index (Phi) is 5.56. The molecule has 0 bridgehead atoms. The fourth-order valence-corrected chi connectivity index (χ4v) is 3.09. The molecule has 2 aromatic rings. The number of hydrogen-bond acceptors (Lipinski definition) is 3. The molecule has 0 radical (unpaired) electrons. The Bertz CT molecular complexity index is 567. The molecule has 1 aliphatic heterocycles. The Labute approximate surface area is 137 Å². The first kappa shape index (κ1) is 15.9. The van der Waals surface area contributed by atoms with Gasteiger partial charge in [-0.25, -0.2) is 0 Å². The van der Waals surface area contributed by atoms with Crippen LogP contribution < -0.4 is 0 Å². The van der Waals surface area contributed by atoms with Gasteiger partial charge in [-0.1, -0.05) is 60.7 Å². The van der Waals surface area contributed by atoms with Gasteiger partial charge in [-0.2, -0.15) is 0 Å². The third-order valence-corrected chi connectivity index (χ3v) is 4.37. The third-order valence-electron chi connectivity index (χ3n) is 4.37. The van der Waals surface area contributed by atoms with E-state index in [0.717, 1.165) is 44.0 Å². The van der Waals surface area contributed by atoms with Crippen LogP contribution in [0.25, 0.3) is 0 Å². The van der Waals surface area contributed by atoms with Crippen molar-refractivity contribution in [2.24, 2.45) is 0 Å². The minimum atomic E-state index is -0.168. The average molecular weight is 309 g/mol. The molecule has 0 unspecified atom stereocenters. The van der Waals surface area contributed by atoms with Crippen molar-refractivity contribution in [1.82, 2.24) is 4.90 Å². The smallest absolute Gasteiger partial charge is 0.146 e. The van der Waals surface area contributed by atoms with Gasteiger partial charge >= 0.3 is 0 Å². The number of nitrogens with zero attached hydrogens (tertiary/aromatic N) is 1. The van der Waals surface area contributed by atoms with Crippen LogP contribution >= 0.6 is 0 Å². The number of benzene rings is 2. The first-order valence-electron chi connectivity index (χ1n) is 8.27. The quantitative estimate of drug-likeness (QED) is 0.821. The van der Waals surface area contributed by atoms with Crippen molar-refractivity contribution in [2.75, 3.05) is 32.8 Å². The lowest BCUT2D eigenvalue weighted by Crippen LogP contribution is -2.37. The van der Waals surface area contributed by atoms with E-state index in [9.17, 15) is 4.79 Å². The highest BCUT2D eigenvalue weighted by molar-refractivity contribution is 5.89. The fourth-order valence-electron chi connectivity index (χ4n) is 3.09. The van der Waals surface area contributed by atoms with Crippen molar-refractivity contribution < 1.29 is 9.53 Å². The summed E-state index contributed by atoms with van der Waals surface area (Å²) < 4.78 is 5.37. The van der Waals surface area contributed by atoms with Crippen molar-refractivity contribution in [1.29, 1.82) is 0 Å². The average Bonchev–Trinajstić information content (AvgIpc) is 2.63. The molecule has 2 aromatic carbocycles. The zero-order valence-corrected chi connectivity index (χ0v) is 13.4. The molecule has 3 nitrogen and oxygen atoms in total. The van der Waals surface area contributed by atoms with Gasteiger partial charge in [0.15, 0.2) is 0 Å². The van der Waals surface area contributed by atoms with Gasteiger partial charge < -0.3 is 4.74 Å². The highest BCUT2D eigenvalue weighted by Gasteiger charge is 2.23. The number of carbonyl (C=O) groups excluding carboxylic acids is 1. The first-order chi connectivity index (χ1) is 11.3. The molecule has 1 heterocycles. The van der Waals surface area contributed by atoms with Crippen molar-refractivity contribution in [3.63, 3.8) is 0 Å². The van der Waals surface area contributed by atoms with Gasteiger partial charge in [0.25, 0.3) is 0 Å². The summed E-state index contributed by atoms with van der Waals surface area (Å²) in [7, 11) is 0. The predicted molar refractivity (Wildman–Crippen MR) is 91.6 cm³/mol. The van der Waals surface area contributed by atoms with Crippen LogP contribution in [0.2, 0.25) is 0 Å². The number of carbonyl (C=O) groups is 1. The number of hydrogen-bond donors (Lipinski definition) is 0. The zero-order chi connectivity index (χ0) is 15.9. The molecule has 0 atom stereocenters. The lowest BCUT2D eigenvalue weighted by atomic mass is 9.86. The van der Waals surface area contributed by atoms with E-state index in [2.05, 4.69) is 4.90 Å². The predicted octanol–water partition coefficient (Wildman–Crippen LogP) is 3.11. The zero-order valence-electron chi connectivity index (χ0n) is 13.4. The monoisotopic (exact) mass is 309 g/mol. The van der Waals surface area contributed by atoms with Gasteiger partial charge in [0.1, 0.15) is 5.78 Å². The van der Waals surface area contributed by atoms with Gasteiger partial charge in [0.2, 0.25) is 0 Å². The summed E-state index contributed by atoms with van der Waals surface area (Å²) in [5, 5.41) is 0. The molecule has 23 heavy (non-hydrogen) atoms. The number of rotatable bonds is 6. The molecular weight excluding hydrogens is 286 g/mol. The highest BCUT2D eigenvalue weighted by atomic mass is 16.5. The van der Waals surface area contributed by atoms with E-state index in [1.807, 2.05) is 60.7 Å².